The lowest BCUT2D eigenvalue weighted by Crippen LogP contribution is -2.45. The van der Waals surface area contributed by atoms with Crippen molar-refractivity contribution in [1.29, 1.82) is 0 Å². The smallest absolute Gasteiger partial charge is 0.375 e. The van der Waals surface area contributed by atoms with Crippen LogP contribution >= 0.6 is 0 Å². The molecule has 0 N–H and O–H groups in total. The van der Waals surface area contributed by atoms with Gasteiger partial charge in [0.25, 0.3) is 0 Å². The van der Waals surface area contributed by atoms with Gasteiger partial charge in [-0.05, 0) is 24.3 Å². The first-order valence-electron chi connectivity index (χ1n) is 9.66. The zero-order valence-electron chi connectivity index (χ0n) is 16.6. The van der Waals surface area contributed by atoms with E-state index in [2.05, 4.69) is 34.6 Å². The van der Waals surface area contributed by atoms with Crippen molar-refractivity contribution in [2.75, 3.05) is 38.7 Å². The number of imide groups is 1. The van der Waals surface area contributed by atoms with Gasteiger partial charge in [-0.3, -0.25) is 0 Å². The number of amides is 4. The zero-order valence-corrected chi connectivity index (χ0v) is 16.6. The number of carbonyl (C=O) groups is 2. The molecule has 0 bridgehead atoms. The van der Waals surface area contributed by atoms with Crippen LogP contribution in [0.25, 0.3) is 0 Å². The molecular formula is C19H24N7O3+. The molecule has 2 aliphatic heterocycles. The maximum Gasteiger partial charge on any atom is 0.375 e. The number of ether oxygens (including phenoxy) is 1. The third-order valence-electron chi connectivity index (χ3n) is 5.43. The first-order chi connectivity index (χ1) is 13.9. The van der Waals surface area contributed by atoms with Gasteiger partial charge in [0.2, 0.25) is 0 Å². The van der Waals surface area contributed by atoms with E-state index in [0.717, 1.165) is 41.0 Å². The van der Waals surface area contributed by atoms with Crippen molar-refractivity contribution in [2.45, 2.75) is 25.3 Å². The predicted molar refractivity (Wildman–Crippen MR) is 104 cm³/mol. The molecule has 1 fully saturated rings. The van der Waals surface area contributed by atoms with Crippen molar-refractivity contribution < 1.29 is 18.8 Å². The number of piperidine rings is 1. The number of aromatic nitrogens is 3. The SMILES string of the molecule is C[N+]1(C)CCC(c2cn(CCOc3ccc(N4C(=O)N=NC4=O)cc3)nn2)CC1. The molecule has 0 atom stereocenters. The van der Waals surface area contributed by atoms with Crippen molar-refractivity contribution in [2.24, 2.45) is 10.2 Å². The number of anilines is 1. The second kappa shape index (κ2) is 7.70. The second-order valence-electron chi connectivity index (χ2n) is 8.01. The Morgan fingerprint density at radius 2 is 1.72 bits per heavy atom. The summed E-state index contributed by atoms with van der Waals surface area (Å²) in [7, 11) is 4.53. The van der Waals surface area contributed by atoms with Crippen LogP contribution in [-0.2, 0) is 6.54 Å². The molecule has 1 aromatic heterocycles. The van der Waals surface area contributed by atoms with Crippen LogP contribution < -0.4 is 9.64 Å². The van der Waals surface area contributed by atoms with Crippen molar-refractivity contribution >= 4 is 17.7 Å². The lowest BCUT2D eigenvalue weighted by Gasteiger charge is -2.36. The van der Waals surface area contributed by atoms with E-state index in [4.69, 9.17) is 4.74 Å². The van der Waals surface area contributed by atoms with Crippen LogP contribution in [0, 0.1) is 0 Å². The Kier molecular flexibility index (Phi) is 5.10. The van der Waals surface area contributed by atoms with Gasteiger partial charge in [0.1, 0.15) is 12.4 Å². The number of urea groups is 2. The van der Waals surface area contributed by atoms with Gasteiger partial charge in [0, 0.05) is 25.0 Å². The fourth-order valence-corrected chi connectivity index (χ4v) is 3.60. The monoisotopic (exact) mass is 398 g/mol. The number of benzene rings is 1. The largest absolute Gasteiger partial charge is 0.492 e. The van der Waals surface area contributed by atoms with E-state index < -0.39 is 12.1 Å². The van der Waals surface area contributed by atoms with Crippen LogP contribution in [0.15, 0.2) is 40.7 Å². The summed E-state index contributed by atoms with van der Waals surface area (Å²) in [5, 5.41) is 15.0. The van der Waals surface area contributed by atoms with Crippen LogP contribution in [0.4, 0.5) is 15.3 Å². The number of quaternary nitrogens is 1. The predicted octanol–water partition coefficient (Wildman–Crippen LogP) is 2.82. The van der Waals surface area contributed by atoms with Crippen LogP contribution in [0.5, 0.6) is 5.75 Å². The van der Waals surface area contributed by atoms with E-state index in [1.54, 1.807) is 24.3 Å². The standard InChI is InChI=1S/C19H24N7O3/c1-26(2)10-7-14(8-11-26)17-13-24(23-20-17)9-12-29-16-5-3-15(4-6-16)25-18(27)21-22-19(25)28/h3-6,13-14H,7-12H2,1-2H3/q+1. The molecule has 2 aliphatic rings. The molecule has 1 saturated heterocycles. The van der Waals surface area contributed by atoms with Crippen molar-refractivity contribution in [3.63, 3.8) is 0 Å². The molecule has 0 aliphatic carbocycles. The number of carbonyl (C=O) groups excluding carboxylic acids is 2. The minimum atomic E-state index is -0.689. The van der Waals surface area contributed by atoms with Gasteiger partial charge in [-0.1, -0.05) is 15.4 Å². The fourth-order valence-electron chi connectivity index (χ4n) is 3.60. The Hall–Kier alpha value is -3.14. The second-order valence-corrected chi connectivity index (χ2v) is 8.01. The van der Waals surface area contributed by atoms with E-state index in [-0.39, 0.29) is 0 Å². The molecule has 2 aromatic rings. The van der Waals surface area contributed by atoms with Crippen LogP contribution in [0.2, 0.25) is 0 Å². The fraction of sp³-hybridized carbons (Fsp3) is 0.474. The van der Waals surface area contributed by atoms with Crippen molar-refractivity contribution in [3.8, 4) is 5.75 Å². The molecule has 4 amide bonds. The van der Waals surface area contributed by atoms with Crippen molar-refractivity contribution in [3.05, 3.63) is 36.2 Å². The van der Waals surface area contributed by atoms with Crippen LogP contribution in [0.3, 0.4) is 0 Å². The summed E-state index contributed by atoms with van der Waals surface area (Å²) in [6.07, 6.45) is 4.29. The lowest BCUT2D eigenvalue weighted by molar-refractivity contribution is -0.895. The number of likely N-dealkylation sites (tertiary alicyclic amines) is 1. The van der Waals surface area contributed by atoms with E-state index >= 15 is 0 Å². The minimum Gasteiger partial charge on any atom is -0.492 e. The third-order valence-corrected chi connectivity index (χ3v) is 5.43. The highest BCUT2D eigenvalue weighted by Crippen LogP contribution is 2.28. The highest BCUT2D eigenvalue weighted by molar-refractivity contribution is 6.17. The summed E-state index contributed by atoms with van der Waals surface area (Å²) in [5.74, 6) is 1.12. The average Bonchev–Trinajstić information content (AvgIpc) is 3.29. The molecule has 0 spiro atoms. The van der Waals surface area contributed by atoms with Gasteiger partial charge in [-0.2, -0.15) is 0 Å². The topological polar surface area (TPSA) is 102 Å². The van der Waals surface area contributed by atoms with E-state index in [1.807, 2.05) is 10.9 Å². The molecule has 10 heteroatoms. The number of rotatable bonds is 6. The summed E-state index contributed by atoms with van der Waals surface area (Å²) < 4.78 is 8.62. The molecule has 29 heavy (non-hydrogen) atoms. The molecule has 0 saturated carbocycles. The van der Waals surface area contributed by atoms with Crippen LogP contribution in [0.1, 0.15) is 24.5 Å². The molecule has 4 rings (SSSR count). The van der Waals surface area contributed by atoms with E-state index in [0.29, 0.717) is 30.5 Å². The maximum absolute atomic E-state index is 11.5. The first kappa shape index (κ1) is 19.2. The Bertz CT molecular complexity index is 908. The summed E-state index contributed by atoms with van der Waals surface area (Å²) >= 11 is 0. The number of hydrogen-bond donors (Lipinski definition) is 0. The molecule has 1 aromatic carbocycles. The van der Waals surface area contributed by atoms with Crippen LogP contribution in [-0.4, -0.2) is 65.3 Å². The average molecular weight is 398 g/mol. The molecule has 0 unspecified atom stereocenters. The van der Waals surface area contributed by atoms with E-state index in [9.17, 15) is 9.59 Å². The number of hydrogen-bond acceptors (Lipinski definition) is 5. The van der Waals surface area contributed by atoms with Crippen molar-refractivity contribution in [1.82, 2.24) is 15.0 Å². The summed E-state index contributed by atoms with van der Waals surface area (Å²) in [6, 6.07) is 5.26. The molecule has 3 heterocycles. The quantitative estimate of drug-likeness (QED) is 0.696. The molecule has 152 valence electrons. The Morgan fingerprint density at radius 1 is 1.07 bits per heavy atom. The third kappa shape index (κ3) is 4.32. The Morgan fingerprint density at radius 3 is 2.38 bits per heavy atom. The van der Waals surface area contributed by atoms with E-state index in [1.165, 1.54) is 0 Å². The van der Waals surface area contributed by atoms with Gasteiger partial charge in [-0.25, -0.2) is 19.2 Å². The lowest BCUT2D eigenvalue weighted by atomic mass is 9.93. The summed E-state index contributed by atoms with van der Waals surface area (Å²) in [6.45, 7) is 3.34. The highest BCUT2D eigenvalue weighted by Gasteiger charge is 2.29. The Balaban J connectivity index is 1.27. The molecular weight excluding hydrogens is 374 g/mol. The van der Waals surface area contributed by atoms with Gasteiger partial charge in [-0.15, -0.1) is 5.10 Å². The maximum atomic E-state index is 11.5. The summed E-state index contributed by atoms with van der Waals surface area (Å²) in [4.78, 5) is 24.0. The number of nitrogens with zero attached hydrogens (tertiary/aromatic N) is 7. The minimum absolute atomic E-state index is 0.410. The van der Waals surface area contributed by atoms with Gasteiger partial charge in [0.05, 0.1) is 45.1 Å². The highest BCUT2D eigenvalue weighted by atomic mass is 16.5. The zero-order chi connectivity index (χ0) is 20.4. The van der Waals surface area contributed by atoms with Gasteiger partial charge >= 0.3 is 12.1 Å². The molecule has 10 nitrogen and oxygen atoms in total. The normalized spacial score (nSPS) is 19.2. The number of azo groups is 1. The van der Waals surface area contributed by atoms with Gasteiger partial charge < -0.3 is 9.22 Å². The first-order valence-corrected chi connectivity index (χ1v) is 9.66. The Labute approximate surface area is 168 Å². The van der Waals surface area contributed by atoms with Gasteiger partial charge in [0.15, 0.2) is 0 Å². The summed E-state index contributed by atoms with van der Waals surface area (Å²) in [5.41, 5.74) is 1.47. The molecule has 0 radical (unpaired) electrons.